The summed E-state index contributed by atoms with van der Waals surface area (Å²) in [6.45, 7) is 0.523. The maximum Gasteiger partial charge on any atom is 0.0996 e. The Labute approximate surface area is 191 Å². The van der Waals surface area contributed by atoms with E-state index in [0.29, 0.717) is 12.0 Å². The van der Waals surface area contributed by atoms with Crippen LogP contribution >= 0.6 is 11.3 Å². The van der Waals surface area contributed by atoms with Crippen molar-refractivity contribution in [2.45, 2.75) is 37.1 Å². The number of benzene rings is 2. The van der Waals surface area contributed by atoms with Crippen molar-refractivity contribution in [2.75, 3.05) is 11.9 Å². The number of thiazole rings is 1. The number of nitrogens with zero attached hydrogens (tertiary/aromatic N) is 2. The largest absolute Gasteiger partial charge is 0.377 e. The van der Waals surface area contributed by atoms with E-state index in [0.717, 1.165) is 34.5 Å². The number of fused-ring (bicyclic) bond motifs is 1. The van der Waals surface area contributed by atoms with Crippen LogP contribution in [0.5, 0.6) is 0 Å². The molecule has 3 atom stereocenters. The Morgan fingerprint density at radius 1 is 1.09 bits per heavy atom. The van der Waals surface area contributed by atoms with E-state index in [1.165, 1.54) is 46.7 Å². The van der Waals surface area contributed by atoms with Gasteiger partial charge in [-0.25, -0.2) is 9.97 Å². The van der Waals surface area contributed by atoms with Gasteiger partial charge in [0.05, 0.1) is 33.3 Å². The summed E-state index contributed by atoms with van der Waals surface area (Å²) in [5, 5.41) is 4.97. The summed E-state index contributed by atoms with van der Waals surface area (Å²) in [5.41, 5.74) is 12.0. The van der Waals surface area contributed by atoms with Gasteiger partial charge in [0.15, 0.2) is 0 Å². The highest BCUT2D eigenvalue weighted by Crippen LogP contribution is 2.70. The van der Waals surface area contributed by atoms with E-state index in [-0.39, 0.29) is 6.04 Å². The lowest BCUT2D eigenvalue weighted by molar-refractivity contribution is 0.369. The first-order chi connectivity index (χ1) is 15.7. The van der Waals surface area contributed by atoms with Crippen LogP contribution in [-0.2, 0) is 5.41 Å². The van der Waals surface area contributed by atoms with Crippen LogP contribution in [-0.4, -0.2) is 21.5 Å². The molecule has 4 saturated carbocycles. The van der Waals surface area contributed by atoms with E-state index < -0.39 is 0 Å². The third-order valence-corrected chi connectivity index (χ3v) is 9.67. The molecule has 6 heteroatoms. The van der Waals surface area contributed by atoms with Crippen molar-refractivity contribution in [1.82, 2.24) is 15.0 Å². The van der Waals surface area contributed by atoms with Crippen LogP contribution in [0.15, 0.2) is 55.0 Å². The Balaban J connectivity index is 1.11. The molecule has 4 aliphatic carbocycles. The van der Waals surface area contributed by atoms with Gasteiger partial charge >= 0.3 is 0 Å². The van der Waals surface area contributed by atoms with Gasteiger partial charge in [0.2, 0.25) is 0 Å². The molecule has 3 unspecified atom stereocenters. The highest BCUT2D eigenvalue weighted by Gasteiger charge is 2.64. The third-order valence-electron chi connectivity index (χ3n) is 8.40. The van der Waals surface area contributed by atoms with Crippen molar-refractivity contribution >= 4 is 28.1 Å². The Hall–Kier alpha value is -2.70. The zero-order chi connectivity index (χ0) is 21.3. The standard InChI is InChI=1S/C26H27N5S/c27-12-23(31-20-5-6-21-22(9-20)30-14-29-21)15-1-3-16(4-2-15)24-13-28-25(32-24)26-10-17-7-19(26)8-18(17)11-26/h1-6,9,13-14,17-19,23,31H,7-8,10-12,27H2,(H,29,30). The minimum atomic E-state index is 0.0528. The Kier molecular flexibility index (Phi) is 4.06. The van der Waals surface area contributed by atoms with Crippen LogP contribution in [0.25, 0.3) is 21.5 Å². The number of aromatic nitrogens is 3. The average molecular weight is 442 g/mol. The molecule has 2 heterocycles. The monoisotopic (exact) mass is 441 g/mol. The highest BCUT2D eigenvalue weighted by atomic mass is 32.1. The van der Waals surface area contributed by atoms with E-state index in [1.54, 1.807) is 6.33 Å². The van der Waals surface area contributed by atoms with Crippen LogP contribution in [0.3, 0.4) is 0 Å². The van der Waals surface area contributed by atoms with Crippen molar-refractivity contribution in [3.8, 4) is 10.4 Å². The van der Waals surface area contributed by atoms with Crippen LogP contribution in [0.4, 0.5) is 5.69 Å². The van der Waals surface area contributed by atoms with Crippen LogP contribution < -0.4 is 11.1 Å². The van der Waals surface area contributed by atoms with Gasteiger partial charge in [-0.15, -0.1) is 11.3 Å². The summed E-state index contributed by atoms with van der Waals surface area (Å²) in [4.78, 5) is 13.7. The van der Waals surface area contributed by atoms with Crippen molar-refractivity contribution in [3.05, 3.63) is 65.6 Å². The predicted octanol–water partition coefficient (Wildman–Crippen LogP) is 5.49. The lowest BCUT2D eigenvalue weighted by Gasteiger charge is -2.26. The molecule has 4 N–H and O–H groups in total. The maximum atomic E-state index is 6.13. The Bertz CT molecular complexity index is 1280. The van der Waals surface area contributed by atoms with Crippen LogP contribution in [0, 0.1) is 17.8 Å². The molecule has 0 saturated heterocycles. The number of nitrogens with two attached hydrogens (primary N) is 1. The molecule has 0 aliphatic heterocycles. The summed E-state index contributed by atoms with van der Waals surface area (Å²) in [5.74, 6) is 2.87. The fourth-order valence-electron chi connectivity index (χ4n) is 6.88. The fourth-order valence-corrected chi connectivity index (χ4v) is 8.09. The Morgan fingerprint density at radius 2 is 1.91 bits per heavy atom. The summed E-state index contributed by atoms with van der Waals surface area (Å²) < 4.78 is 0. The SMILES string of the molecule is NCC(Nc1ccc2[nH]cnc2c1)c1ccc(-c2cnc(C34CC5CC3CC5C4)s2)cc1. The van der Waals surface area contributed by atoms with Gasteiger partial charge in [-0.2, -0.15) is 0 Å². The van der Waals surface area contributed by atoms with E-state index in [4.69, 9.17) is 10.7 Å². The molecular formula is C26H27N5S. The maximum absolute atomic E-state index is 6.13. The summed E-state index contributed by atoms with van der Waals surface area (Å²) >= 11 is 1.93. The summed E-state index contributed by atoms with van der Waals surface area (Å²) in [7, 11) is 0. The second-order valence-corrected chi connectivity index (χ2v) is 11.0. The third kappa shape index (κ3) is 2.72. The van der Waals surface area contributed by atoms with Gasteiger partial charge in [0.1, 0.15) is 0 Å². The van der Waals surface area contributed by atoms with Gasteiger partial charge < -0.3 is 16.0 Å². The van der Waals surface area contributed by atoms with Gasteiger partial charge in [-0.05, 0) is 72.8 Å². The molecule has 2 aromatic carbocycles. The first kappa shape index (κ1) is 18.8. The van der Waals surface area contributed by atoms with E-state index >= 15 is 0 Å². The number of imidazole rings is 1. The molecule has 2 aromatic heterocycles. The van der Waals surface area contributed by atoms with E-state index in [1.807, 2.05) is 17.4 Å². The molecule has 4 aromatic rings. The Morgan fingerprint density at radius 3 is 2.62 bits per heavy atom. The molecule has 0 radical (unpaired) electrons. The normalized spacial score (nSPS) is 28.7. The zero-order valence-electron chi connectivity index (χ0n) is 17.9. The predicted molar refractivity (Wildman–Crippen MR) is 130 cm³/mol. The molecule has 4 aliphatic rings. The van der Waals surface area contributed by atoms with Crippen molar-refractivity contribution < 1.29 is 0 Å². The zero-order valence-corrected chi connectivity index (χ0v) is 18.7. The molecular weight excluding hydrogens is 414 g/mol. The summed E-state index contributed by atoms with van der Waals surface area (Å²) in [6.07, 6.45) is 9.51. The van der Waals surface area contributed by atoms with E-state index in [9.17, 15) is 0 Å². The molecule has 8 rings (SSSR count). The number of hydrogen-bond donors (Lipinski definition) is 3. The minimum absolute atomic E-state index is 0.0528. The number of anilines is 1. The number of rotatable bonds is 6. The molecule has 4 fully saturated rings. The van der Waals surface area contributed by atoms with Crippen LogP contribution in [0.1, 0.15) is 42.3 Å². The minimum Gasteiger partial charge on any atom is -0.377 e. The number of nitrogens with one attached hydrogen (secondary N) is 2. The quantitative estimate of drug-likeness (QED) is 0.370. The van der Waals surface area contributed by atoms with Crippen molar-refractivity contribution in [1.29, 1.82) is 0 Å². The van der Waals surface area contributed by atoms with Gasteiger partial charge in [-0.3, -0.25) is 0 Å². The first-order valence-corrected chi connectivity index (χ1v) is 12.5. The lowest BCUT2D eigenvalue weighted by atomic mass is 9.81. The van der Waals surface area contributed by atoms with Gasteiger partial charge in [0, 0.05) is 23.8 Å². The first-order valence-electron chi connectivity index (χ1n) is 11.7. The van der Waals surface area contributed by atoms with Crippen LogP contribution in [0.2, 0.25) is 0 Å². The molecule has 0 amide bonds. The van der Waals surface area contributed by atoms with Crippen molar-refractivity contribution in [2.24, 2.45) is 23.5 Å². The number of aromatic amines is 1. The molecule has 5 nitrogen and oxygen atoms in total. The van der Waals surface area contributed by atoms with Gasteiger partial charge in [-0.1, -0.05) is 24.3 Å². The number of hydrogen-bond acceptors (Lipinski definition) is 5. The molecule has 32 heavy (non-hydrogen) atoms. The van der Waals surface area contributed by atoms with E-state index in [2.05, 4.69) is 57.9 Å². The smallest absolute Gasteiger partial charge is 0.0996 e. The second-order valence-electron chi connectivity index (χ2n) is 9.97. The topological polar surface area (TPSA) is 79.6 Å². The lowest BCUT2D eigenvalue weighted by Crippen LogP contribution is -2.24. The average Bonchev–Trinajstić information content (AvgIpc) is 3.63. The second kappa shape index (κ2) is 6.90. The fraction of sp³-hybridized carbons (Fsp3) is 0.385. The number of H-pyrrole nitrogens is 1. The molecule has 4 bridgehead atoms. The highest BCUT2D eigenvalue weighted by molar-refractivity contribution is 7.15. The molecule has 162 valence electrons. The molecule has 0 spiro atoms. The van der Waals surface area contributed by atoms with Gasteiger partial charge in [0.25, 0.3) is 0 Å². The van der Waals surface area contributed by atoms with Crippen molar-refractivity contribution in [3.63, 3.8) is 0 Å². The summed E-state index contributed by atoms with van der Waals surface area (Å²) in [6, 6.07) is 15.1.